The van der Waals surface area contributed by atoms with Crippen molar-refractivity contribution in [1.29, 1.82) is 0 Å². The lowest BCUT2D eigenvalue weighted by Gasteiger charge is -2.48. The van der Waals surface area contributed by atoms with E-state index in [-0.39, 0.29) is 0 Å². The molecule has 1 unspecified atom stereocenters. The fourth-order valence-electron chi connectivity index (χ4n) is 4.29. The van der Waals surface area contributed by atoms with E-state index in [1.807, 2.05) is 0 Å². The Hall–Kier alpha value is -0.730. The lowest BCUT2D eigenvalue weighted by molar-refractivity contribution is -0.376. The fourth-order valence-corrected chi connectivity index (χ4v) is 4.77. The number of aliphatic hydroxyl groups is 10. The molecule has 0 bridgehead atoms. The minimum Gasteiger partial charge on any atom is -0.394 e. The molecular weight excluding hydrogens is 552 g/mol. The van der Waals surface area contributed by atoms with Gasteiger partial charge in [-0.15, -0.1) is 0 Å². The number of aliphatic hydroxyl groups excluding tert-OH is 10. The lowest BCUT2D eigenvalue weighted by atomic mass is 9.96. The van der Waals surface area contributed by atoms with Crippen LogP contribution in [0.25, 0.3) is 0 Å². The molecule has 0 saturated carbocycles. The van der Waals surface area contributed by atoms with E-state index in [4.69, 9.17) is 28.2 Å². The summed E-state index contributed by atoms with van der Waals surface area (Å²) in [6.45, 7) is -2.67. The Kier molecular flexibility index (Phi) is 10.7. The van der Waals surface area contributed by atoms with E-state index in [0.29, 0.717) is 0 Å². The Morgan fingerprint density at radius 2 is 1.00 bits per heavy atom. The van der Waals surface area contributed by atoms with Gasteiger partial charge in [-0.05, 0) is 0 Å². The number of hydrogen-bond acceptors (Lipinski definition) is 18. The molecule has 19 nitrogen and oxygen atoms in total. The van der Waals surface area contributed by atoms with Crippen LogP contribution in [0.15, 0.2) is 0 Å². The molecule has 3 fully saturated rings. The third-order valence-electron chi connectivity index (χ3n) is 6.30. The van der Waals surface area contributed by atoms with Crippen LogP contribution in [0.2, 0.25) is 0 Å². The van der Waals surface area contributed by atoms with Gasteiger partial charge in [0.2, 0.25) is 0 Å². The molecule has 3 saturated heterocycles. The summed E-state index contributed by atoms with van der Waals surface area (Å²) in [7, 11) is -5.27. The molecule has 3 aliphatic rings. The molecule has 3 rings (SSSR count). The predicted molar refractivity (Wildman–Crippen MR) is 112 cm³/mol. The highest BCUT2D eigenvalue weighted by Gasteiger charge is 2.54. The van der Waals surface area contributed by atoms with E-state index in [9.17, 15) is 59.5 Å². The molecule has 0 aromatic carbocycles. The molecule has 0 aliphatic carbocycles. The number of ether oxygens (including phenoxy) is 5. The van der Waals surface area contributed by atoms with Crippen molar-refractivity contribution in [3.8, 4) is 0 Å². The van der Waals surface area contributed by atoms with Crippen LogP contribution in [0.5, 0.6) is 0 Å². The van der Waals surface area contributed by atoms with E-state index < -0.39 is 122 Å². The van der Waals surface area contributed by atoms with Crippen LogP contribution in [-0.4, -0.2) is 176 Å². The molecule has 0 spiro atoms. The molecule has 3 heterocycles. The summed E-state index contributed by atoms with van der Waals surface area (Å²) in [6.07, 6.45) is -27.8. The molecule has 20 heteroatoms. The highest BCUT2D eigenvalue weighted by atomic mass is 32.3. The molecule has 0 amide bonds. The van der Waals surface area contributed by atoms with Crippen molar-refractivity contribution in [2.45, 2.75) is 92.1 Å². The van der Waals surface area contributed by atoms with Gasteiger partial charge >= 0.3 is 10.4 Å². The van der Waals surface area contributed by atoms with Crippen molar-refractivity contribution in [2.24, 2.45) is 0 Å². The molecular formula is C18H32O19S. The van der Waals surface area contributed by atoms with Gasteiger partial charge in [0.05, 0.1) is 19.8 Å². The molecule has 38 heavy (non-hydrogen) atoms. The van der Waals surface area contributed by atoms with Crippen LogP contribution >= 0.6 is 0 Å². The van der Waals surface area contributed by atoms with E-state index in [1.165, 1.54) is 0 Å². The van der Waals surface area contributed by atoms with Gasteiger partial charge in [0.25, 0.3) is 0 Å². The average molecular weight is 585 g/mol. The van der Waals surface area contributed by atoms with Crippen molar-refractivity contribution in [3.63, 3.8) is 0 Å². The van der Waals surface area contributed by atoms with Crippen LogP contribution < -0.4 is 0 Å². The van der Waals surface area contributed by atoms with Crippen molar-refractivity contribution in [3.05, 3.63) is 0 Å². The second kappa shape index (κ2) is 12.8. The largest absolute Gasteiger partial charge is 0.397 e. The zero-order chi connectivity index (χ0) is 28.5. The topological polar surface area (TPSA) is 312 Å². The van der Waals surface area contributed by atoms with Crippen LogP contribution in [-0.2, 0) is 38.3 Å². The van der Waals surface area contributed by atoms with Gasteiger partial charge in [0.15, 0.2) is 25.0 Å². The van der Waals surface area contributed by atoms with Crippen molar-refractivity contribution >= 4 is 10.4 Å². The first-order valence-corrected chi connectivity index (χ1v) is 12.6. The second-order valence-corrected chi connectivity index (χ2v) is 9.88. The van der Waals surface area contributed by atoms with Crippen LogP contribution in [0.4, 0.5) is 0 Å². The third kappa shape index (κ3) is 6.76. The lowest BCUT2D eigenvalue weighted by Crippen LogP contribution is -2.66. The highest BCUT2D eigenvalue weighted by molar-refractivity contribution is 7.80. The highest BCUT2D eigenvalue weighted by Crippen LogP contribution is 2.33. The van der Waals surface area contributed by atoms with Gasteiger partial charge in [-0.1, -0.05) is 0 Å². The molecule has 15 atom stereocenters. The fraction of sp³-hybridized carbons (Fsp3) is 1.00. The zero-order valence-electron chi connectivity index (χ0n) is 19.4. The maximum atomic E-state index is 11.3. The third-order valence-corrected chi connectivity index (χ3v) is 6.77. The van der Waals surface area contributed by atoms with Gasteiger partial charge in [-0.3, -0.25) is 4.55 Å². The molecule has 11 N–H and O–H groups in total. The van der Waals surface area contributed by atoms with E-state index in [1.54, 1.807) is 0 Å². The van der Waals surface area contributed by atoms with Crippen LogP contribution in [0.3, 0.4) is 0 Å². The quantitative estimate of drug-likeness (QED) is 0.112. The van der Waals surface area contributed by atoms with Gasteiger partial charge in [0.1, 0.15) is 67.1 Å². The monoisotopic (exact) mass is 584 g/mol. The minimum atomic E-state index is -5.27. The maximum absolute atomic E-state index is 11.3. The summed E-state index contributed by atoms with van der Waals surface area (Å²) >= 11 is 0. The molecule has 0 aromatic heterocycles. The Bertz CT molecular complexity index is 857. The molecule has 224 valence electrons. The minimum absolute atomic E-state index is 0.819. The maximum Gasteiger partial charge on any atom is 0.397 e. The van der Waals surface area contributed by atoms with E-state index in [2.05, 4.69) is 4.18 Å². The van der Waals surface area contributed by atoms with Crippen molar-refractivity contribution < 1.29 is 91.9 Å². The first-order valence-electron chi connectivity index (χ1n) is 11.3. The van der Waals surface area contributed by atoms with Crippen LogP contribution in [0.1, 0.15) is 0 Å². The van der Waals surface area contributed by atoms with E-state index >= 15 is 0 Å². The smallest absolute Gasteiger partial charge is 0.394 e. The van der Waals surface area contributed by atoms with Crippen molar-refractivity contribution in [2.75, 3.05) is 19.8 Å². The normalized spacial score (nSPS) is 48.7. The number of rotatable bonds is 9. The Morgan fingerprint density at radius 3 is 1.53 bits per heavy atom. The summed E-state index contributed by atoms with van der Waals surface area (Å²) in [6, 6.07) is 0. The van der Waals surface area contributed by atoms with Gasteiger partial charge in [-0.2, -0.15) is 8.42 Å². The van der Waals surface area contributed by atoms with Gasteiger partial charge < -0.3 is 74.7 Å². The first-order chi connectivity index (χ1) is 17.7. The van der Waals surface area contributed by atoms with Gasteiger partial charge in [-0.25, -0.2) is 4.18 Å². The van der Waals surface area contributed by atoms with Crippen molar-refractivity contribution in [1.82, 2.24) is 0 Å². The standard InChI is InChI=1S/C18H32O19S/c19-1-4-7(22)8(23)15(37-38(29,30)31)18(33-4)36-14-6(3-21)34-17(12(27)10(14)25)35-13-5(2-20)32-16(28)11(26)9(13)24/h4-28H,1-3H2,(H,29,30,31)/t4-,5-,6-,7-,8+,9-,10-,11-,12-,13-,14-,15-,16?,17-,18-/m1/s1. The molecule has 0 aromatic rings. The van der Waals surface area contributed by atoms with Crippen LogP contribution in [0, 0.1) is 0 Å². The summed E-state index contributed by atoms with van der Waals surface area (Å²) in [5.41, 5.74) is 0. The summed E-state index contributed by atoms with van der Waals surface area (Å²) in [4.78, 5) is 0. The first kappa shape index (κ1) is 31.8. The van der Waals surface area contributed by atoms with E-state index in [0.717, 1.165) is 0 Å². The van der Waals surface area contributed by atoms with Gasteiger partial charge in [0, 0.05) is 0 Å². The summed E-state index contributed by atoms with van der Waals surface area (Å²) < 4.78 is 62.2. The average Bonchev–Trinajstić information content (AvgIpc) is 2.86. The second-order valence-electron chi connectivity index (χ2n) is 8.83. The predicted octanol–water partition coefficient (Wildman–Crippen LogP) is -7.75. The summed E-state index contributed by atoms with van der Waals surface area (Å²) in [5, 5.41) is 99.9. The Balaban J connectivity index is 1.79. The number of hydrogen-bond donors (Lipinski definition) is 11. The Morgan fingerprint density at radius 1 is 0.553 bits per heavy atom. The summed E-state index contributed by atoms with van der Waals surface area (Å²) in [5.74, 6) is 0. The zero-order valence-corrected chi connectivity index (χ0v) is 20.2. The Labute approximate surface area is 214 Å². The molecule has 0 radical (unpaired) electrons. The molecule has 3 aliphatic heterocycles. The SMILES string of the molecule is O=S(=O)(O)O[C@H]1[C@@H](O[C@H]2[C@H](O)[C@@H](O)[C@@H](O[C@H]3[C@H](O)[C@@H](O)C(O)O[C@@H]3CO)O[C@@H]2CO)O[C@H](CO)[C@@H](O)[C@@H]1O.